The predicted molar refractivity (Wildman–Crippen MR) is 65.8 cm³/mol. The quantitative estimate of drug-likeness (QED) is 0.866. The highest BCUT2D eigenvalue weighted by molar-refractivity contribution is 9.11. The molecule has 0 N–H and O–H groups in total. The first kappa shape index (κ1) is 11.5. The van der Waals surface area contributed by atoms with Gasteiger partial charge in [-0.25, -0.2) is 14.5 Å². The van der Waals surface area contributed by atoms with Crippen molar-refractivity contribution >= 4 is 27.3 Å². The van der Waals surface area contributed by atoms with Crippen molar-refractivity contribution in [3.63, 3.8) is 0 Å². The number of hydrogen-bond donors (Lipinski definition) is 0. The highest BCUT2D eigenvalue weighted by Gasteiger charge is 2.09. The molecule has 0 spiro atoms. The van der Waals surface area contributed by atoms with Crippen LogP contribution in [-0.2, 0) is 13.1 Å². The molecule has 0 unspecified atom stereocenters. The summed E-state index contributed by atoms with van der Waals surface area (Å²) >= 11 is 4.88. The van der Waals surface area contributed by atoms with Gasteiger partial charge >= 0.3 is 5.69 Å². The van der Waals surface area contributed by atoms with E-state index in [1.54, 1.807) is 22.2 Å². The van der Waals surface area contributed by atoms with Crippen molar-refractivity contribution in [2.75, 3.05) is 0 Å². The number of halogens is 1. The molecule has 0 saturated carbocycles. The van der Waals surface area contributed by atoms with Crippen molar-refractivity contribution in [2.24, 2.45) is 0 Å². The Hall–Kier alpha value is -0.950. The lowest BCUT2D eigenvalue weighted by atomic mass is 10.4. The fourth-order valence-electron chi connectivity index (χ4n) is 1.39. The molecule has 0 aliphatic carbocycles. The van der Waals surface area contributed by atoms with Crippen molar-refractivity contribution in [3.05, 3.63) is 31.3 Å². The Kier molecular flexibility index (Phi) is 3.25. The fourth-order valence-corrected chi connectivity index (χ4v) is 3.03. The molecule has 0 atom stereocenters. The molecular formula is C9H11BrN4OS. The van der Waals surface area contributed by atoms with E-state index < -0.39 is 0 Å². The summed E-state index contributed by atoms with van der Waals surface area (Å²) in [6, 6.07) is 0. The van der Waals surface area contributed by atoms with Gasteiger partial charge in [-0.05, 0) is 29.8 Å². The zero-order valence-electron chi connectivity index (χ0n) is 8.97. The summed E-state index contributed by atoms with van der Waals surface area (Å²) in [5.41, 5.74) is 0.874. The van der Waals surface area contributed by atoms with Gasteiger partial charge in [-0.2, -0.15) is 5.10 Å². The molecule has 0 aliphatic heterocycles. The Bertz CT molecular complexity index is 556. The monoisotopic (exact) mass is 302 g/mol. The number of rotatable bonds is 3. The Morgan fingerprint density at radius 3 is 2.81 bits per heavy atom. The molecule has 2 rings (SSSR count). The van der Waals surface area contributed by atoms with Crippen LogP contribution >= 0.6 is 27.3 Å². The van der Waals surface area contributed by atoms with Crippen molar-refractivity contribution in [1.82, 2.24) is 19.3 Å². The molecule has 86 valence electrons. The molecule has 2 heterocycles. The van der Waals surface area contributed by atoms with Crippen molar-refractivity contribution in [3.8, 4) is 0 Å². The molecule has 0 saturated heterocycles. The number of thiazole rings is 1. The maximum atomic E-state index is 11.8. The van der Waals surface area contributed by atoms with E-state index in [1.807, 2.05) is 13.8 Å². The first-order valence-corrected chi connectivity index (χ1v) is 6.46. The van der Waals surface area contributed by atoms with E-state index in [1.165, 1.54) is 4.68 Å². The topological polar surface area (TPSA) is 52.7 Å². The Morgan fingerprint density at radius 1 is 1.56 bits per heavy atom. The van der Waals surface area contributed by atoms with Crippen LogP contribution < -0.4 is 5.69 Å². The second-order valence-electron chi connectivity index (χ2n) is 3.33. The third kappa shape index (κ3) is 2.10. The van der Waals surface area contributed by atoms with Crippen LogP contribution in [0, 0.1) is 6.92 Å². The first-order valence-electron chi connectivity index (χ1n) is 4.86. The van der Waals surface area contributed by atoms with Crippen LogP contribution in [-0.4, -0.2) is 19.3 Å². The second kappa shape index (κ2) is 4.50. The number of nitrogens with zero attached hydrogens (tertiary/aromatic N) is 4. The number of aromatic nitrogens is 4. The van der Waals surface area contributed by atoms with Gasteiger partial charge in [0.25, 0.3) is 0 Å². The van der Waals surface area contributed by atoms with Crippen LogP contribution in [0.2, 0.25) is 0 Å². The summed E-state index contributed by atoms with van der Waals surface area (Å²) < 4.78 is 3.87. The van der Waals surface area contributed by atoms with Gasteiger partial charge in [0.15, 0.2) is 3.92 Å². The Morgan fingerprint density at radius 2 is 2.31 bits per heavy atom. The van der Waals surface area contributed by atoms with Gasteiger partial charge in [0.05, 0.1) is 12.2 Å². The van der Waals surface area contributed by atoms with Gasteiger partial charge in [-0.15, -0.1) is 11.3 Å². The summed E-state index contributed by atoms with van der Waals surface area (Å²) in [5.74, 6) is 0. The van der Waals surface area contributed by atoms with Gasteiger partial charge in [0.2, 0.25) is 0 Å². The highest BCUT2D eigenvalue weighted by Crippen LogP contribution is 2.22. The zero-order chi connectivity index (χ0) is 11.7. The molecule has 7 heteroatoms. The lowest BCUT2D eigenvalue weighted by Gasteiger charge is -1.97. The minimum Gasteiger partial charge on any atom is -0.276 e. The van der Waals surface area contributed by atoms with E-state index >= 15 is 0 Å². The third-order valence-corrected chi connectivity index (χ3v) is 3.87. The van der Waals surface area contributed by atoms with E-state index in [9.17, 15) is 4.79 Å². The van der Waals surface area contributed by atoms with Crippen molar-refractivity contribution in [2.45, 2.75) is 26.9 Å². The lowest BCUT2D eigenvalue weighted by molar-refractivity contribution is 0.616. The fraction of sp³-hybridized carbons (Fsp3) is 0.444. The molecule has 0 aliphatic rings. The molecule has 0 aromatic carbocycles. The molecule has 2 aromatic heterocycles. The molecule has 16 heavy (non-hydrogen) atoms. The van der Waals surface area contributed by atoms with Crippen LogP contribution in [0.25, 0.3) is 0 Å². The summed E-state index contributed by atoms with van der Waals surface area (Å²) in [7, 11) is 0. The minimum atomic E-state index is -0.0774. The van der Waals surface area contributed by atoms with E-state index in [2.05, 4.69) is 26.0 Å². The lowest BCUT2D eigenvalue weighted by Crippen LogP contribution is -2.24. The molecule has 0 fully saturated rings. The highest BCUT2D eigenvalue weighted by atomic mass is 79.9. The van der Waals surface area contributed by atoms with Crippen LogP contribution in [0.15, 0.2) is 15.0 Å². The maximum absolute atomic E-state index is 11.8. The summed E-state index contributed by atoms with van der Waals surface area (Å²) in [4.78, 5) is 17.1. The molecular weight excluding hydrogens is 292 g/mol. The molecule has 0 bridgehead atoms. The SMILES string of the molecule is CCn1ncn(Cc2sc(Br)nc2C)c1=O. The van der Waals surface area contributed by atoms with Gasteiger partial charge in [0.1, 0.15) is 6.33 Å². The second-order valence-corrected chi connectivity index (χ2v) is 5.69. The smallest absolute Gasteiger partial charge is 0.276 e. The largest absolute Gasteiger partial charge is 0.346 e. The molecule has 5 nitrogen and oxygen atoms in total. The maximum Gasteiger partial charge on any atom is 0.346 e. The first-order chi connectivity index (χ1) is 7.61. The number of aryl methyl sites for hydroxylation is 2. The van der Waals surface area contributed by atoms with E-state index in [-0.39, 0.29) is 5.69 Å². The van der Waals surface area contributed by atoms with E-state index in [4.69, 9.17) is 0 Å². The normalized spacial score (nSPS) is 10.9. The van der Waals surface area contributed by atoms with Gasteiger partial charge in [0, 0.05) is 11.4 Å². The Balaban J connectivity index is 2.30. The average Bonchev–Trinajstić information content (AvgIpc) is 2.73. The zero-order valence-corrected chi connectivity index (χ0v) is 11.4. The van der Waals surface area contributed by atoms with Crippen LogP contribution in [0.4, 0.5) is 0 Å². The van der Waals surface area contributed by atoms with Crippen LogP contribution in [0.5, 0.6) is 0 Å². The summed E-state index contributed by atoms with van der Waals surface area (Å²) in [5, 5.41) is 4.01. The minimum absolute atomic E-state index is 0.0774. The third-order valence-electron chi connectivity index (χ3n) is 2.28. The Labute approximate surface area is 105 Å². The van der Waals surface area contributed by atoms with E-state index in [0.717, 1.165) is 14.5 Å². The van der Waals surface area contributed by atoms with Crippen LogP contribution in [0.3, 0.4) is 0 Å². The van der Waals surface area contributed by atoms with Crippen LogP contribution in [0.1, 0.15) is 17.5 Å². The molecule has 2 aromatic rings. The van der Waals surface area contributed by atoms with Crippen molar-refractivity contribution in [1.29, 1.82) is 0 Å². The summed E-state index contributed by atoms with van der Waals surface area (Å²) in [6.07, 6.45) is 1.57. The molecule has 0 radical (unpaired) electrons. The van der Waals surface area contributed by atoms with E-state index in [0.29, 0.717) is 13.1 Å². The standard InChI is InChI=1S/C9H11BrN4OS/c1-3-14-9(15)13(5-11-14)4-7-6(2)12-8(10)16-7/h5H,3-4H2,1-2H3. The van der Waals surface area contributed by atoms with Gasteiger partial charge in [-0.3, -0.25) is 4.57 Å². The summed E-state index contributed by atoms with van der Waals surface area (Å²) in [6.45, 7) is 4.96. The molecule has 0 amide bonds. The average molecular weight is 303 g/mol. The predicted octanol–water partition coefficient (Wildman–Crippen LogP) is 1.64. The van der Waals surface area contributed by atoms with Crippen molar-refractivity contribution < 1.29 is 0 Å². The number of hydrogen-bond acceptors (Lipinski definition) is 4. The van der Waals surface area contributed by atoms with Gasteiger partial charge < -0.3 is 0 Å². The van der Waals surface area contributed by atoms with Gasteiger partial charge in [-0.1, -0.05) is 0 Å².